The van der Waals surface area contributed by atoms with E-state index in [-0.39, 0.29) is 17.7 Å². The molecule has 1 heterocycles. The third-order valence-electron chi connectivity index (χ3n) is 4.42. The van der Waals surface area contributed by atoms with Gasteiger partial charge in [-0.2, -0.15) is 0 Å². The number of nitrogens with one attached hydrogen (secondary N) is 2. The van der Waals surface area contributed by atoms with Gasteiger partial charge in [-0.1, -0.05) is 41.9 Å². The molecule has 0 saturated carbocycles. The lowest BCUT2D eigenvalue weighted by molar-refractivity contribution is -0.122. The van der Waals surface area contributed by atoms with Crippen molar-refractivity contribution in [3.63, 3.8) is 0 Å². The largest absolute Gasteiger partial charge is 0.356 e. The highest BCUT2D eigenvalue weighted by atomic mass is 35.5. The Hall–Kier alpha value is -2.33. The van der Waals surface area contributed by atoms with E-state index in [4.69, 9.17) is 11.6 Å². The molecule has 0 spiro atoms. The summed E-state index contributed by atoms with van der Waals surface area (Å²) in [4.78, 5) is 24.1. The van der Waals surface area contributed by atoms with Gasteiger partial charge >= 0.3 is 0 Å². The molecule has 3 rings (SSSR count). The van der Waals surface area contributed by atoms with Crippen LogP contribution >= 0.6 is 11.6 Å². The smallest absolute Gasteiger partial charge is 0.224 e. The Bertz CT molecular complexity index is 759. The zero-order chi connectivity index (χ0) is 17.6. The van der Waals surface area contributed by atoms with Crippen LogP contribution in [-0.2, 0) is 9.59 Å². The second-order valence-electron chi connectivity index (χ2n) is 6.37. The summed E-state index contributed by atoms with van der Waals surface area (Å²) in [6, 6.07) is 15.2. The van der Waals surface area contributed by atoms with Crippen molar-refractivity contribution in [3.8, 4) is 11.1 Å². The summed E-state index contributed by atoms with van der Waals surface area (Å²) < 4.78 is 0. The molecule has 25 heavy (non-hydrogen) atoms. The first-order valence-corrected chi connectivity index (χ1v) is 8.91. The predicted molar refractivity (Wildman–Crippen MR) is 100 cm³/mol. The first kappa shape index (κ1) is 17.5. The lowest BCUT2D eigenvalue weighted by Crippen LogP contribution is -2.23. The average Bonchev–Trinajstić information content (AvgIpc) is 2.80. The summed E-state index contributed by atoms with van der Waals surface area (Å²) in [5.74, 6) is 0.0863. The van der Waals surface area contributed by atoms with Gasteiger partial charge in [0.2, 0.25) is 11.8 Å². The Morgan fingerprint density at radius 2 is 1.92 bits per heavy atom. The van der Waals surface area contributed by atoms with Crippen molar-refractivity contribution in [3.05, 3.63) is 53.6 Å². The summed E-state index contributed by atoms with van der Waals surface area (Å²) >= 11 is 5.95. The number of halogens is 1. The number of carbonyl (C=O) groups is 2. The lowest BCUT2D eigenvalue weighted by atomic mass is 9.96. The lowest BCUT2D eigenvalue weighted by Gasteiger charge is -2.15. The third kappa shape index (κ3) is 4.83. The van der Waals surface area contributed by atoms with Gasteiger partial charge in [-0.05, 0) is 42.5 Å². The van der Waals surface area contributed by atoms with E-state index in [1.165, 1.54) is 0 Å². The summed E-state index contributed by atoms with van der Waals surface area (Å²) in [7, 11) is 0. The molecule has 1 saturated heterocycles. The minimum absolute atomic E-state index is 0.0388. The second kappa shape index (κ2) is 8.17. The molecular formula is C20H21ClN2O2. The fraction of sp³-hybridized carbons (Fsp3) is 0.300. The van der Waals surface area contributed by atoms with Gasteiger partial charge in [0.15, 0.2) is 0 Å². The van der Waals surface area contributed by atoms with Crippen molar-refractivity contribution in [1.29, 1.82) is 0 Å². The van der Waals surface area contributed by atoms with Crippen LogP contribution in [-0.4, -0.2) is 18.4 Å². The molecule has 1 aliphatic heterocycles. The molecule has 1 unspecified atom stereocenters. The van der Waals surface area contributed by atoms with Crippen molar-refractivity contribution in [2.75, 3.05) is 11.9 Å². The Morgan fingerprint density at radius 3 is 2.72 bits per heavy atom. The number of rotatable bonds is 4. The molecule has 130 valence electrons. The normalized spacial score (nSPS) is 17.5. The Morgan fingerprint density at radius 1 is 1.16 bits per heavy atom. The molecule has 2 N–H and O–H groups in total. The van der Waals surface area contributed by atoms with E-state index in [0.717, 1.165) is 29.7 Å². The van der Waals surface area contributed by atoms with E-state index in [1.807, 2.05) is 48.5 Å². The van der Waals surface area contributed by atoms with Crippen molar-refractivity contribution in [1.82, 2.24) is 5.32 Å². The minimum atomic E-state index is -0.0545. The van der Waals surface area contributed by atoms with E-state index < -0.39 is 0 Å². The van der Waals surface area contributed by atoms with E-state index in [2.05, 4.69) is 10.6 Å². The number of carbonyl (C=O) groups excluding carboxylic acids is 2. The highest BCUT2D eigenvalue weighted by Crippen LogP contribution is 2.29. The van der Waals surface area contributed by atoms with E-state index in [0.29, 0.717) is 24.4 Å². The molecule has 0 radical (unpaired) electrons. The van der Waals surface area contributed by atoms with Crippen LogP contribution in [0, 0.1) is 5.92 Å². The van der Waals surface area contributed by atoms with Crippen molar-refractivity contribution >= 4 is 29.1 Å². The molecule has 1 atom stereocenters. The van der Waals surface area contributed by atoms with Crippen LogP contribution in [0.2, 0.25) is 5.02 Å². The zero-order valence-electron chi connectivity index (χ0n) is 13.9. The number of hydrogen-bond acceptors (Lipinski definition) is 2. The fourth-order valence-corrected chi connectivity index (χ4v) is 3.29. The number of para-hydroxylation sites is 1. The predicted octanol–water partition coefficient (Wildman–Crippen LogP) is 4.25. The zero-order valence-corrected chi connectivity index (χ0v) is 14.7. The van der Waals surface area contributed by atoms with Crippen molar-refractivity contribution < 1.29 is 9.59 Å². The van der Waals surface area contributed by atoms with Gasteiger partial charge in [-0.15, -0.1) is 0 Å². The van der Waals surface area contributed by atoms with Gasteiger partial charge in [-0.25, -0.2) is 0 Å². The van der Waals surface area contributed by atoms with Crippen LogP contribution in [0.15, 0.2) is 48.5 Å². The van der Waals surface area contributed by atoms with Gasteiger partial charge in [0, 0.05) is 35.7 Å². The van der Waals surface area contributed by atoms with Gasteiger partial charge in [0.25, 0.3) is 0 Å². The highest BCUT2D eigenvalue weighted by Gasteiger charge is 2.20. The maximum atomic E-state index is 12.5. The summed E-state index contributed by atoms with van der Waals surface area (Å²) in [5.41, 5.74) is 2.72. The van der Waals surface area contributed by atoms with Crippen molar-refractivity contribution in [2.24, 2.45) is 5.92 Å². The SMILES string of the molecule is O=C1CC(CC(=O)Nc2ccccc2-c2ccc(Cl)cc2)CCCN1. The summed E-state index contributed by atoms with van der Waals surface area (Å²) in [6.07, 6.45) is 2.60. The van der Waals surface area contributed by atoms with Crippen LogP contribution in [0.25, 0.3) is 11.1 Å². The van der Waals surface area contributed by atoms with Crippen LogP contribution in [0.1, 0.15) is 25.7 Å². The Labute approximate surface area is 152 Å². The van der Waals surface area contributed by atoms with Gasteiger partial charge in [0.05, 0.1) is 0 Å². The molecular weight excluding hydrogens is 336 g/mol. The maximum absolute atomic E-state index is 12.5. The molecule has 5 heteroatoms. The molecule has 2 aromatic rings. The average molecular weight is 357 g/mol. The first-order valence-electron chi connectivity index (χ1n) is 8.53. The first-order chi connectivity index (χ1) is 12.1. The van der Waals surface area contributed by atoms with Crippen LogP contribution in [0.5, 0.6) is 0 Å². The maximum Gasteiger partial charge on any atom is 0.224 e. The van der Waals surface area contributed by atoms with Crippen LogP contribution in [0.3, 0.4) is 0 Å². The monoisotopic (exact) mass is 356 g/mol. The standard InChI is InChI=1S/C20H21ClN2O2/c21-16-9-7-15(8-10-16)17-5-1-2-6-18(17)23-20(25)13-14-4-3-11-22-19(24)12-14/h1-2,5-10,14H,3-4,11-13H2,(H,22,24)(H,23,25). The molecule has 0 bridgehead atoms. The van der Waals surface area contributed by atoms with Crippen LogP contribution < -0.4 is 10.6 Å². The van der Waals surface area contributed by atoms with E-state index in [1.54, 1.807) is 0 Å². The minimum Gasteiger partial charge on any atom is -0.356 e. The number of hydrogen-bond donors (Lipinski definition) is 2. The highest BCUT2D eigenvalue weighted by molar-refractivity contribution is 6.30. The molecule has 4 nitrogen and oxygen atoms in total. The molecule has 2 aromatic carbocycles. The van der Waals surface area contributed by atoms with Gasteiger partial charge in [-0.3, -0.25) is 9.59 Å². The number of benzene rings is 2. The van der Waals surface area contributed by atoms with Crippen molar-refractivity contribution in [2.45, 2.75) is 25.7 Å². The fourth-order valence-electron chi connectivity index (χ4n) is 3.17. The summed E-state index contributed by atoms with van der Waals surface area (Å²) in [5, 5.41) is 6.53. The van der Waals surface area contributed by atoms with Gasteiger partial charge in [0.1, 0.15) is 0 Å². The van der Waals surface area contributed by atoms with E-state index in [9.17, 15) is 9.59 Å². The molecule has 0 aromatic heterocycles. The molecule has 2 amide bonds. The van der Waals surface area contributed by atoms with E-state index >= 15 is 0 Å². The third-order valence-corrected chi connectivity index (χ3v) is 4.67. The Balaban J connectivity index is 1.71. The molecule has 0 aliphatic carbocycles. The van der Waals surface area contributed by atoms with Gasteiger partial charge < -0.3 is 10.6 Å². The number of anilines is 1. The molecule has 1 aliphatic rings. The topological polar surface area (TPSA) is 58.2 Å². The summed E-state index contributed by atoms with van der Waals surface area (Å²) in [6.45, 7) is 0.705. The molecule has 1 fully saturated rings. The quantitative estimate of drug-likeness (QED) is 0.860. The number of amides is 2. The second-order valence-corrected chi connectivity index (χ2v) is 6.80. The Kier molecular flexibility index (Phi) is 5.71. The van der Waals surface area contributed by atoms with Crippen LogP contribution in [0.4, 0.5) is 5.69 Å².